The average molecular weight is 452 g/mol. The molecule has 0 aliphatic heterocycles. The van der Waals surface area contributed by atoms with Crippen LogP contribution in [0, 0.1) is 0 Å². The number of thiazole rings is 1. The summed E-state index contributed by atoms with van der Waals surface area (Å²) in [5.41, 5.74) is 1.45. The quantitative estimate of drug-likeness (QED) is 0.609. The van der Waals surface area contributed by atoms with Crippen LogP contribution in [-0.2, 0) is 20.9 Å². The van der Waals surface area contributed by atoms with Gasteiger partial charge in [-0.25, -0.2) is 0 Å². The lowest BCUT2D eigenvalue weighted by Crippen LogP contribution is -2.22. The van der Waals surface area contributed by atoms with E-state index in [-0.39, 0.29) is 23.0 Å². The highest BCUT2D eigenvalue weighted by atomic mass is 35.5. The van der Waals surface area contributed by atoms with E-state index in [1.807, 2.05) is 0 Å². The van der Waals surface area contributed by atoms with Crippen LogP contribution in [0.5, 0.6) is 0 Å². The Morgan fingerprint density at radius 1 is 1.17 bits per heavy atom. The SMILES string of the molecule is COC(=O)Cn1c(=NC(=O)c2ccc(Cl)cc2Cl)sc2cc(NC(C)=O)ccc21. The van der Waals surface area contributed by atoms with E-state index in [9.17, 15) is 14.4 Å². The van der Waals surface area contributed by atoms with Gasteiger partial charge in [0.15, 0.2) is 4.80 Å². The molecule has 1 heterocycles. The summed E-state index contributed by atoms with van der Waals surface area (Å²) in [6, 6.07) is 9.67. The molecule has 2 aromatic carbocycles. The van der Waals surface area contributed by atoms with Crippen LogP contribution in [0.3, 0.4) is 0 Å². The lowest BCUT2D eigenvalue weighted by Gasteiger charge is -2.05. The highest BCUT2D eigenvalue weighted by Crippen LogP contribution is 2.24. The Balaban J connectivity index is 2.14. The van der Waals surface area contributed by atoms with Gasteiger partial charge in [-0.1, -0.05) is 34.5 Å². The third-order valence-corrected chi connectivity index (χ3v) is 5.47. The number of amides is 2. The van der Waals surface area contributed by atoms with Gasteiger partial charge in [0.05, 0.1) is 27.9 Å². The zero-order valence-electron chi connectivity index (χ0n) is 15.4. The summed E-state index contributed by atoms with van der Waals surface area (Å²) in [4.78, 5) is 40.3. The number of halogens is 2. The molecule has 2 amide bonds. The number of nitrogens with zero attached hydrogens (tertiary/aromatic N) is 2. The molecule has 150 valence electrons. The van der Waals surface area contributed by atoms with E-state index in [1.54, 1.807) is 28.8 Å². The van der Waals surface area contributed by atoms with E-state index in [1.165, 1.54) is 37.5 Å². The van der Waals surface area contributed by atoms with Gasteiger partial charge in [0, 0.05) is 17.6 Å². The third kappa shape index (κ3) is 4.84. The number of ether oxygens (including phenoxy) is 1. The molecule has 7 nitrogen and oxygen atoms in total. The van der Waals surface area contributed by atoms with Crippen LogP contribution in [-0.4, -0.2) is 29.5 Å². The maximum absolute atomic E-state index is 12.7. The second kappa shape index (κ2) is 8.77. The number of carbonyl (C=O) groups excluding carboxylic acids is 3. The van der Waals surface area contributed by atoms with Crippen molar-refractivity contribution in [1.82, 2.24) is 4.57 Å². The second-order valence-corrected chi connectivity index (χ2v) is 7.80. The molecule has 1 aromatic heterocycles. The molecule has 0 aliphatic carbocycles. The molecular formula is C19H15Cl2N3O4S. The number of nitrogens with one attached hydrogen (secondary N) is 1. The second-order valence-electron chi connectivity index (χ2n) is 5.95. The average Bonchev–Trinajstić information content (AvgIpc) is 2.97. The number of esters is 1. The Hall–Kier alpha value is -2.68. The van der Waals surface area contributed by atoms with Crippen molar-refractivity contribution in [2.45, 2.75) is 13.5 Å². The molecule has 3 rings (SSSR count). The number of benzene rings is 2. The van der Waals surface area contributed by atoms with E-state index >= 15 is 0 Å². The monoisotopic (exact) mass is 451 g/mol. The van der Waals surface area contributed by atoms with Crippen LogP contribution in [0.1, 0.15) is 17.3 Å². The van der Waals surface area contributed by atoms with Gasteiger partial charge in [-0.3, -0.25) is 14.4 Å². The number of methoxy groups -OCH3 is 1. The molecule has 0 aliphatic rings. The van der Waals surface area contributed by atoms with Gasteiger partial charge >= 0.3 is 5.97 Å². The Bertz CT molecular complexity index is 1200. The van der Waals surface area contributed by atoms with Crippen LogP contribution in [0.25, 0.3) is 10.2 Å². The highest BCUT2D eigenvalue weighted by molar-refractivity contribution is 7.16. The van der Waals surface area contributed by atoms with Gasteiger partial charge in [-0.05, 0) is 36.4 Å². The van der Waals surface area contributed by atoms with Gasteiger partial charge in [0.2, 0.25) is 5.91 Å². The fourth-order valence-electron chi connectivity index (χ4n) is 2.60. The summed E-state index contributed by atoms with van der Waals surface area (Å²) in [5, 5.41) is 3.28. The summed E-state index contributed by atoms with van der Waals surface area (Å²) < 4.78 is 7.06. The van der Waals surface area contributed by atoms with Crippen LogP contribution in [0.2, 0.25) is 10.0 Å². The standard InChI is InChI=1S/C19H15Cl2N3O4S/c1-10(25)22-12-4-6-15-16(8-12)29-19(24(15)9-17(26)28-2)23-18(27)13-5-3-11(20)7-14(13)21/h3-8H,9H2,1-2H3,(H,22,25). The summed E-state index contributed by atoms with van der Waals surface area (Å²) in [6.07, 6.45) is 0. The predicted molar refractivity (Wildman–Crippen MR) is 112 cm³/mol. The number of rotatable bonds is 4. The van der Waals surface area contributed by atoms with Crippen molar-refractivity contribution in [3.8, 4) is 0 Å². The lowest BCUT2D eigenvalue weighted by atomic mass is 10.2. The van der Waals surface area contributed by atoms with Gasteiger partial charge in [0.25, 0.3) is 5.91 Å². The third-order valence-electron chi connectivity index (χ3n) is 3.88. The molecular weight excluding hydrogens is 437 g/mol. The maximum Gasteiger partial charge on any atom is 0.325 e. The maximum atomic E-state index is 12.7. The lowest BCUT2D eigenvalue weighted by molar-refractivity contribution is -0.141. The molecule has 3 aromatic rings. The number of hydrogen-bond donors (Lipinski definition) is 1. The first-order valence-electron chi connectivity index (χ1n) is 8.30. The number of carbonyl (C=O) groups is 3. The number of fused-ring (bicyclic) bond motifs is 1. The van der Waals surface area contributed by atoms with Crippen molar-refractivity contribution >= 4 is 68.2 Å². The van der Waals surface area contributed by atoms with Crippen molar-refractivity contribution in [3.63, 3.8) is 0 Å². The molecule has 0 saturated carbocycles. The summed E-state index contributed by atoms with van der Waals surface area (Å²) in [6.45, 7) is 1.28. The Morgan fingerprint density at radius 2 is 1.93 bits per heavy atom. The number of hydrogen-bond acceptors (Lipinski definition) is 5. The van der Waals surface area contributed by atoms with Gasteiger partial charge in [-0.2, -0.15) is 4.99 Å². The first kappa shape index (κ1) is 21.0. The first-order valence-corrected chi connectivity index (χ1v) is 9.87. The van der Waals surface area contributed by atoms with Crippen molar-refractivity contribution in [1.29, 1.82) is 0 Å². The van der Waals surface area contributed by atoms with Crippen LogP contribution in [0.15, 0.2) is 41.4 Å². The van der Waals surface area contributed by atoms with E-state index in [0.29, 0.717) is 21.0 Å². The fourth-order valence-corrected chi connectivity index (χ4v) is 4.15. The molecule has 1 N–H and O–H groups in total. The minimum Gasteiger partial charge on any atom is -0.468 e. The van der Waals surface area contributed by atoms with Gasteiger partial charge < -0.3 is 14.6 Å². The Kier molecular flexibility index (Phi) is 6.36. The minimum atomic E-state index is -0.570. The van der Waals surface area contributed by atoms with Crippen molar-refractivity contribution < 1.29 is 19.1 Å². The molecule has 29 heavy (non-hydrogen) atoms. The topological polar surface area (TPSA) is 89.8 Å². The highest BCUT2D eigenvalue weighted by Gasteiger charge is 2.15. The summed E-state index contributed by atoms with van der Waals surface area (Å²) in [7, 11) is 1.28. The predicted octanol–water partition coefficient (Wildman–Crippen LogP) is 3.88. The molecule has 0 spiro atoms. The Morgan fingerprint density at radius 3 is 2.59 bits per heavy atom. The van der Waals surface area contributed by atoms with Crippen molar-refractivity contribution in [2.24, 2.45) is 4.99 Å². The zero-order chi connectivity index (χ0) is 21.1. The minimum absolute atomic E-state index is 0.129. The van der Waals surface area contributed by atoms with E-state index < -0.39 is 11.9 Å². The van der Waals surface area contributed by atoms with E-state index in [0.717, 1.165) is 4.70 Å². The van der Waals surface area contributed by atoms with E-state index in [4.69, 9.17) is 27.9 Å². The van der Waals surface area contributed by atoms with Gasteiger partial charge in [-0.15, -0.1) is 0 Å². The number of anilines is 1. The molecule has 0 unspecified atom stereocenters. The molecule has 0 saturated heterocycles. The normalized spacial score (nSPS) is 11.5. The molecule has 0 fully saturated rings. The molecule has 0 bridgehead atoms. The van der Waals surface area contributed by atoms with E-state index in [2.05, 4.69) is 10.3 Å². The van der Waals surface area contributed by atoms with Crippen LogP contribution < -0.4 is 10.1 Å². The fraction of sp³-hybridized carbons (Fsp3) is 0.158. The van der Waals surface area contributed by atoms with Crippen molar-refractivity contribution in [2.75, 3.05) is 12.4 Å². The smallest absolute Gasteiger partial charge is 0.325 e. The summed E-state index contributed by atoms with van der Waals surface area (Å²) >= 11 is 13.2. The zero-order valence-corrected chi connectivity index (χ0v) is 17.7. The van der Waals surface area contributed by atoms with Crippen LogP contribution >= 0.6 is 34.5 Å². The molecule has 0 radical (unpaired) electrons. The molecule has 10 heteroatoms. The van der Waals surface area contributed by atoms with Gasteiger partial charge in [0.1, 0.15) is 6.54 Å². The van der Waals surface area contributed by atoms with Crippen LogP contribution in [0.4, 0.5) is 5.69 Å². The first-order chi connectivity index (χ1) is 13.8. The largest absolute Gasteiger partial charge is 0.468 e. The summed E-state index contributed by atoms with van der Waals surface area (Å²) in [5.74, 6) is -1.27. The molecule has 0 atom stereocenters. The Labute approximate surface area is 179 Å². The number of aromatic nitrogens is 1. The van der Waals surface area contributed by atoms with Crippen molar-refractivity contribution in [3.05, 3.63) is 56.8 Å².